The Balaban J connectivity index is 1.91. The van der Waals surface area contributed by atoms with Crippen LogP contribution in [0.4, 0.5) is 0 Å². The van der Waals surface area contributed by atoms with E-state index in [1.807, 2.05) is 13.8 Å². The van der Waals surface area contributed by atoms with Crippen LogP contribution in [0.1, 0.15) is 34.3 Å². The number of aromatic nitrogens is 1. The minimum Gasteiger partial charge on any atom is -0.489 e. The highest BCUT2D eigenvalue weighted by Crippen LogP contribution is 2.18. The van der Waals surface area contributed by atoms with E-state index in [9.17, 15) is 9.59 Å². The van der Waals surface area contributed by atoms with Crippen LogP contribution >= 0.6 is 0 Å². The van der Waals surface area contributed by atoms with Gasteiger partial charge in [0.15, 0.2) is 0 Å². The van der Waals surface area contributed by atoms with Crippen molar-refractivity contribution in [2.75, 3.05) is 13.1 Å². The molecule has 7 nitrogen and oxygen atoms in total. The van der Waals surface area contributed by atoms with E-state index in [4.69, 9.17) is 9.26 Å². The molecule has 0 aliphatic heterocycles. The summed E-state index contributed by atoms with van der Waals surface area (Å²) in [6, 6.07) is 6.92. The first-order valence-electron chi connectivity index (χ1n) is 7.64. The molecule has 0 saturated carbocycles. The van der Waals surface area contributed by atoms with Gasteiger partial charge in [0, 0.05) is 25.6 Å². The summed E-state index contributed by atoms with van der Waals surface area (Å²) in [6.45, 7) is 6.20. The smallest absolute Gasteiger partial charge is 0.251 e. The van der Waals surface area contributed by atoms with Gasteiger partial charge in [0.2, 0.25) is 5.91 Å². The lowest BCUT2D eigenvalue weighted by Gasteiger charge is -2.09. The zero-order valence-corrected chi connectivity index (χ0v) is 14.0. The van der Waals surface area contributed by atoms with Crippen LogP contribution in [0.15, 0.2) is 28.8 Å². The van der Waals surface area contributed by atoms with Gasteiger partial charge in [-0.15, -0.1) is 0 Å². The third-order valence-electron chi connectivity index (χ3n) is 3.45. The molecule has 7 heteroatoms. The molecule has 0 atom stereocenters. The zero-order chi connectivity index (χ0) is 17.5. The Morgan fingerprint density at radius 3 is 2.62 bits per heavy atom. The SMILES string of the molecule is CC(=O)NCCNC(=O)c1cccc(OCc2c(C)noc2C)c1. The van der Waals surface area contributed by atoms with Crippen molar-refractivity contribution in [1.82, 2.24) is 15.8 Å². The molecular weight excluding hydrogens is 310 g/mol. The molecule has 0 spiro atoms. The highest BCUT2D eigenvalue weighted by molar-refractivity contribution is 5.94. The summed E-state index contributed by atoms with van der Waals surface area (Å²) in [5.41, 5.74) is 2.19. The van der Waals surface area contributed by atoms with E-state index in [-0.39, 0.29) is 11.8 Å². The van der Waals surface area contributed by atoms with E-state index in [0.717, 1.165) is 17.0 Å². The fourth-order valence-corrected chi connectivity index (χ4v) is 2.11. The lowest BCUT2D eigenvalue weighted by molar-refractivity contribution is -0.118. The van der Waals surface area contributed by atoms with Gasteiger partial charge in [0.05, 0.1) is 11.3 Å². The molecule has 0 aliphatic carbocycles. The lowest BCUT2D eigenvalue weighted by Crippen LogP contribution is -2.33. The van der Waals surface area contributed by atoms with Gasteiger partial charge in [-0.2, -0.15) is 0 Å². The van der Waals surface area contributed by atoms with Crippen LogP contribution in [0.2, 0.25) is 0 Å². The van der Waals surface area contributed by atoms with Crippen LogP contribution < -0.4 is 15.4 Å². The van der Waals surface area contributed by atoms with E-state index in [0.29, 0.717) is 31.0 Å². The molecule has 1 heterocycles. The van der Waals surface area contributed by atoms with Crippen molar-refractivity contribution in [2.24, 2.45) is 0 Å². The summed E-state index contributed by atoms with van der Waals surface area (Å²) < 4.78 is 10.8. The molecule has 0 bridgehead atoms. The van der Waals surface area contributed by atoms with E-state index in [2.05, 4.69) is 15.8 Å². The number of carbonyl (C=O) groups excluding carboxylic acids is 2. The van der Waals surface area contributed by atoms with Gasteiger partial charge in [-0.05, 0) is 32.0 Å². The van der Waals surface area contributed by atoms with Gasteiger partial charge < -0.3 is 19.9 Å². The van der Waals surface area contributed by atoms with Crippen molar-refractivity contribution < 1.29 is 18.8 Å². The van der Waals surface area contributed by atoms with Crippen molar-refractivity contribution in [2.45, 2.75) is 27.4 Å². The Hall–Kier alpha value is -2.83. The van der Waals surface area contributed by atoms with Crippen LogP contribution in [0.5, 0.6) is 5.75 Å². The largest absolute Gasteiger partial charge is 0.489 e. The predicted molar refractivity (Wildman–Crippen MR) is 87.8 cm³/mol. The molecule has 1 aromatic heterocycles. The summed E-state index contributed by atoms with van der Waals surface area (Å²) in [4.78, 5) is 22.8. The van der Waals surface area contributed by atoms with Crippen molar-refractivity contribution in [3.05, 3.63) is 46.8 Å². The molecule has 2 aromatic rings. The topological polar surface area (TPSA) is 93.5 Å². The second-order valence-corrected chi connectivity index (χ2v) is 5.36. The number of amides is 2. The van der Waals surface area contributed by atoms with Crippen molar-refractivity contribution in [3.63, 3.8) is 0 Å². The molecule has 0 radical (unpaired) electrons. The molecule has 24 heavy (non-hydrogen) atoms. The van der Waals surface area contributed by atoms with Crippen LogP contribution in [0, 0.1) is 13.8 Å². The Labute approximate surface area is 140 Å². The zero-order valence-electron chi connectivity index (χ0n) is 14.0. The lowest BCUT2D eigenvalue weighted by atomic mass is 10.2. The number of hydrogen-bond acceptors (Lipinski definition) is 5. The van der Waals surface area contributed by atoms with Crippen LogP contribution in [0.3, 0.4) is 0 Å². The van der Waals surface area contributed by atoms with Crippen LogP contribution in [-0.4, -0.2) is 30.1 Å². The number of benzene rings is 1. The number of carbonyl (C=O) groups is 2. The Morgan fingerprint density at radius 1 is 1.21 bits per heavy atom. The molecule has 128 valence electrons. The van der Waals surface area contributed by atoms with E-state index in [1.165, 1.54) is 6.92 Å². The Kier molecular flexibility index (Phi) is 5.95. The van der Waals surface area contributed by atoms with Gasteiger partial charge in [-0.3, -0.25) is 9.59 Å². The fraction of sp³-hybridized carbons (Fsp3) is 0.353. The minimum absolute atomic E-state index is 0.126. The number of aryl methyl sites for hydroxylation is 2. The van der Waals surface area contributed by atoms with Gasteiger partial charge in [-0.1, -0.05) is 11.2 Å². The Morgan fingerprint density at radius 2 is 1.96 bits per heavy atom. The van der Waals surface area contributed by atoms with Crippen LogP contribution in [-0.2, 0) is 11.4 Å². The monoisotopic (exact) mass is 331 g/mol. The van der Waals surface area contributed by atoms with E-state index in [1.54, 1.807) is 24.3 Å². The van der Waals surface area contributed by atoms with Gasteiger partial charge in [0.25, 0.3) is 5.91 Å². The maximum absolute atomic E-state index is 12.1. The van der Waals surface area contributed by atoms with E-state index < -0.39 is 0 Å². The number of rotatable bonds is 7. The first-order chi connectivity index (χ1) is 11.5. The second-order valence-electron chi connectivity index (χ2n) is 5.36. The number of nitrogens with one attached hydrogen (secondary N) is 2. The molecule has 2 N–H and O–H groups in total. The average molecular weight is 331 g/mol. The molecule has 1 aromatic carbocycles. The molecule has 0 aliphatic rings. The molecule has 0 unspecified atom stereocenters. The van der Waals surface area contributed by atoms with Crippen molar-refractivity contribution in [1.29, 1.82) is 0 Å². The number of ether oxygens (including phenoxy) is 1. The molecule has 0 fully saturated rings. The summed E-state index contributed by atoms with van der Waals surface area (Å²) in [6.07, 6.45) is 0. The summed E-state index contributed by atoms with van der Waals surface area (Å²) >= 11 is 0. The van der Waals surface area contributed by atoms with E-state index >= 15 is 0 Å². The summed E-state index contributed by atoms with van der Waals surface area (Å²) in [5, 5.41) is 9.23. The molecule has 2 amide bonds. The maximum Gasteiger partial charge on any atom is 0.251 e. The van der Waals surface area contributed by atoms with Gasteiger partial charge in [-0.25, -0.2) is 0 Å². The third kappa shape index (κ3) is 4.84. The quantitative estimate of drug-likeness (QED) is 0.754. The first kappa shape index (κ1) is 17.5. The summed E-state index contributed by atoms with van der Waals surface area (Å²) in [5.74, 6) is 0.964. The highest BCUT2D eigenvalue weighted by Gasteiger charge is 2.11. The second kappa shape index (κ2) is 8.14. The van der Waals surface area contributed by atoms with Gasteiger partial charge >= 0.3 is 0 Å². The van der Waals surface area contributed by atoms with Crippen LogP contribution in [0.25, 0.3) is 0 Å². The standard InChI is InChI=1S/C17H21N3O4/c1-11-16(12(2)24-20-11)10-23-15-6-4-5-14(9-15)17(22)19-8-7-18-13(3)21/h4-6,9H,7-8,10H2,1-3H3,(H,18,21)(H,19,22). The molecule has 2 rings (SSSR count). The number of hydrogen-bond donors (Lipinski definition) is 2. The van der Waals surface area contributed by atoms with Gasteiger partial charge in [0.1, 0.15) is 18.1 Å². The maximum atomic E-state index is 12.1. The normalized spacial score (nSPS) is 10.3. The fourth-order valence-electron chi connectivity index (χ4n) is 2.11. The average Bonchev–Trinajstić information content (AvgIpc) is 2.88. The minimum atomic E-state index is -0.219. The van der Waals surface area contributed by atoms with Crippen molar-refractivity contribution in [3.8, 4) is 5.75 Å². The molecular formula is C17H21N3O4. The summed E-state index contributed by atoms with van der Waals surface area (Å²) in [7, 11) is 0. The van der Waals surface area contributed by atoms with Crippen molar-refractivity contribution >= 4 is 11.8 Å². The Bertz CT molecular complexity index is 705. The first-order valence-corrected chi connectivity index (χ1v) is 7.64. The predicted octanol–water partition coefficient (Wildman–Crippen LogP) is 1.74. The number of nitrogens with zero attached hydrogens (tertiary/aromatic N) is 1. The molecule has 0 saturated heterocycles. The third-order valence-corrected chi connectivity index (χ3v) is 3.45. The highest BCUT2D eigenvalue weighted by atomic mass is 16.5.